The molecular weight excluding hydrogens is 188 g/mol. The molecule has 0 radical (unpaired) electrons. The lowest BCUT2D eigenvalue weighted by Gasteiger charge is -2.14. The minimum Gasteiger partial charge on any atom is -0.348 e. The molecule has 0 aliphatic carbocycles. The summed E-state index contributed by atoms with van der Waals surface area (Å²) in [4.78, 5) is 11.4. The van der Waals surface area contributed by atoms with Gasteiger partial charge in [0.15, 0.2) is 0 Å². The first-order valence-electron chi connectivity index (χ1n) is 5.29. The molecule has 1 atom stereocenters. The predicted octanol–water partition coefficient (Wildman–Crippen LogP) is 1.47. The Morgan fingerprint density at radius 2 is 2.00 bits per heavy atom. The van der Waals surface area contributed by atoms with Crippen molar-refractivity contribution in [3.8, 4) is 0 Å². The summed E-state index contributed by atoms with van der Waals surface area (Å²) >= 11 is 0. The minimum absolute atomic E-state index is 0.0354. The number of hydrogen-bond donors (Lipinski definition) is 2. The maximum Gasteiger partial charge on any atom is 0.234 e. The zero-order valence-corrected chi connectivity index (χ0v) is 9.29. The fourth-order valence-corrected chi connectivity index (χ4v) is 1.36. The monoisotopic (exact) mass is 206 g/mol. The Balaban J connectivity index is 2.42. The highest BCUT2D eigenvalue weighted by molar-refractivity contribution is 5.78. The second-order valence-corrected chi connectivity index (χ2v) is 3.48. The Bertz CT molecular complexity index is 298. The van der Waals surface area contributed by atoms with Crippen molar-refractivity contribution in [2.24, 2.45) is 0 Å². The Morgan fingerprint density at radius 3 is 2.60 bits per heavy atom. The Kier molecular flexibility index (Phi) is 4.84. The highest BCUT2D eigenvalue weighted by Crippen LogP contribution is 2.10. The summed E-state index contributed by atoms with van der Waals surface area (Å²) in [6, 6.07) is 10.0. The summed E-state index contributed by atoms with van der Waals surface area (Å²) in [7, 11) is 0. The molecule has 1 amide bonds. The van der Waals surface area contributed by atoms with E-state index in [-0.39, 0.29) is 11.9 Å². The highest BCUT2D eigenvalue weighted by atomic mass is 16.1. The second-order valence-electron chi connectivity index (χ2n) is 3.48. The van der Waals surface area contributed by atoms with Gasteiger partial charge in [-0.3, -0.25) is 4.79 Å². The summed E-state index contributed by atoms with van der Waals surface area (Å²) < 4.78 is 0. The first-order valence-corrected chi connectivity index (χ1v) is 5.29. The molecule has 0 aromatic heterocycles. The molecule has 0 bridgehead atoms. The van der Waals surface area contributed by atoms with Crippen molar-refractivity contribution in [3.63, 3.8) is 0 Å². The quantitative estimate of drug-likeness (QED) is 0.766. The molecule has 2 N–H and O–H groups in total. The number of carbonyl (C=O) groups is 1. The number of carbonyl (C=O) groups excluding carboxylic acids is 1. The molecule has 1 aromatic rings. The Labute approximate surface area is 90.9 Å². The van der Waals surface area contributed by atoms with Gasteiger partial charge >= 0.3 is 0 Å². The largest absolute Gasteiger partial charge is 0.348 e. The van der Waals surface area contributed by atoms with Gasteiger partial charge in [0.2, 0.25) is 5.91 Å². The molecular formula is C12H18N2O. The van der Waals surface area contributed by atoms with E-state index in [9.17, 15) is 4.79 Å². The van der Waals surface area contributed by atoms with Gasteiger partial charge in [-0.25, -0.2) is 0 Å². The maximum absolute atomic E-state index is 11.4. The van der Waals surface area contributed by atoms with E-state index in [4.69, 9.17) is 0 Å². The van der Waals surface area contributed by atoms with E-state index >= 15 is 0 Å². The first-order chi connectivity index (χ1) is 7.24. The molecule has 0 aliphatic rings. The molecule has 0 spiro atoms. The van der Waals surface area contributed by atoms with Crippen LogP contribution in [0.3, 0.4) is 0 Å². The summed E-state index contributed by atoms with van der Waals surface area (Å²) in [5, 5.41) is 5.92. The van der Waals surface area contributed by atoms with Crippen LogP contribution in [0.1, 0.15) is 25.5 Å². The van der Waals surface area contributed by atoms with Crippen LogP contribution < -0.4 is 10.6 Å². The Morgan fingerprint density at radius 1 is 1.33 bits per heavy atom. The van der Waals surface area contributed by atoms with Crippen LogP contribution in [-0.4, -0.2) is 19.0 Å². The van der Waals surface area contributed by atoms with Crippen molar-refractivity contribution in [2.45, 2.75) is 19.9 Å². The molecule has 0 fully saturated rings. The van der Waals surface area contributed by atoms with E-state index in [1.165, 1.54) is 0 Å². The molecule has 82 valence electrons. The van der Waals surface area contributed by atoms with E-state index in [2.05, 4.69) is 10.6 Å². The minimum atomic E-state index is 0.0354. The third kappa shape index (κ3) is 4.13. The van der Waals surface area contributed by atoms with E-state index in [0.29, 0.717) is 6.54 Å². The van der Waals surface area contributed by atoms with Gasteiger partial charge in [0, 0.05) is 0 Å². The lowest BCUT2D eigenvalue weighted by Crippen LogP contribution is -2.35. The van der Waals surface area contributed by atoms with Crippen LogP contribution in [0, 0.1) is 0 Å². The third-order valence-electron chi connectivity index (χ3n) is 2.21. The summed E-state index contributed by atoms with van der Waals surface area (Å²) in [5.74, 6) is 0.0354. The van der Waals surface area contributed by atoms with E-state index in [1.807, 2.05) is 44.2 Å². The lowest BCUT2D eigenvalue weighted by atomic mass is 10.1. The molecule has 0 aliphatic heterocycles. The smallest absolute Gasteiger partial charge is 0.234 e. The number of rotatable bonds is 5. The number of nitrogens with one attached hydrogen (secondary N) is 2. The first kappa shape index (κ1) is 11.7. The molecule has 0 unspecified atom stereocenters. The molecule has 1 aromatic carbocycles. The predicted molar refractivity (Wildman–Crippen MR) is 61.5 cm³/mol. The van der Waals surface area contributed by atoms with Gasteiger partial charge in [-0.05, 0) is 19.0 Å². The van der Waals surface area contributed by atoms with Crippen LogP contribution in [-0.2, 0) is 4.79 Å². The average Bonchev–Trinajstić information content (AvgIpc) is 2.27. The van der Waals surface area contributed by atoms with Crippen LogP contribution in [0.2, 0.25) is 0 Å². The van der Waals surface area contributed by atoms with Gasteiger partial charge in [0.05, 0.1) is 12.6 Å². The fraction of sp³-hybridized carbons (Fsp3) is 0.417. The van der Waals surface area contributed by atoms with Crippen molar-refractivity contribution < 1.29 is 4.79 Å². The molecule has 3 nitrogen and oxygen atoms in total. The van der Waals surface area contributed by atoms with Crippen LogP contribution in [0.25, 0.3) is 0 Å². The van der Waals surface area contributed by atoms with Crippen LogP contribution in [0.4, 0.5) is 0 Å². The fourth-order valence-electron chi connectivity index (χ4n) is 1.36. The number of likely N-dealkylation sites (N-methyl/N-ethyl adjacent to an activating group) is 1. The SMILES string of the molecule is CCNCC(=O)N[C@H](C)c1ccccc1. The van der Waals surface area contributed by atoms with Gasteiger partial charge in [-0.1, -0.05) is 37.3 Å². The summed E-state index contributed by atoms with van der Waals surface area (Å²) in [6.07, 6.45) is 0. The van der Waals surface area contributed by atoms with E-state index in [1.54, 1.807) is 0 Å². The van der Waals surface area contributed by atoms with Gasteiger partial charge in [-0.2, -0.15) is 0 Å². The van der Waals surface area contributed by atoms with Gasteiger partial charge in [0.1, 0.15) is 0 Å². The van der Waals surface area contributed by atoms with E-state index in [0.717, 1.165) is 12.1 Å². The standard InChI is InChI=1S/C12H18N2O/c1-3-13-9-12(15)14-10(2)11-7-5-4-6-8-11/h4-8,10,13H,3,9H2,1-2H3,(H,14,15)/t10-/m1/s1. The van der Waals surface area contributed by atoms with Crippen LogP contribution in [0.5, 0.6) is 0 Å². The van der Waals surface area contributed by atoms with Crippen molar-refractivity contribution in [3.05, 3.63) is 35.9 Å². The van der Waals surface area contributed by atoms with Crippen molar-refractivity contribution >= 4 is 5.91 Å². The van der Waals surface area contributed by atoms with Crippen LogP contribution >= 0.6 is 0 Å². The zero-order valence-electron chi connectivity index (χ0n) is 9.29. The molecule has 0 heterocycles. The average molecular weight is 206 g/mol. The molecule has 1 rings (SSSR count). The molecule has 0 saturated carbocycles. The Hall–Kier alpha value is -1.35. The maximum atomic E-state index is 11.4. The van der Waals surface area contributed by atoms with Crippen LogP contribution in [0.15, 0.2) is 30.3 Å². The summed E-state index contributed by atoms with van der Waals surface area (Å²) in [6.45, 7) is 5.16. The number of hydrogen-bond acceptors (Lipinski definition) is 2. The van der Waals surface area contributed by atoms with E-state index < -0.39 is 0 Å². The summed E-state index contributed by atoms with van der Waals surface area (Å²) in [5.41, 5.74) is 1.13. The number of amides is 1. The zero-order chi connectivity index (χ0) is 11.1. The van der Waals surface area contributed by atoms with Crippen molar-refractivity contribution in [1.29, 1.82) is 0 Å². The molecule has 15 heavy (non-hydrogen) atoms. The molecule has 3 heteroatoms. The number of benzene rings is 1. The van der Waals surface area contributed by atoms with Gasteiger partial charge in [-0.15, -0.1) is 0 Å². The molecule has 0 saturated heterocycles. The van der Waals surface area contributed by atoms with Gasteiger partial charge in [0.25, 0.3) is 0 Å². The normalized spacial score (nSPS) is 12.1. The topological polar surface area (TPSA) is 41.1 Å². The van der Waals surface area contributed by atoms with Gasteiger partial charge < -0.3 is 10.6 Å². The third-order valence-corrected chi connectivity index (χ3v) is 2.21. The second kappa shape index (κ2) is 6.19. The van der Waals surface area contributed by atoms with Crippen molar-refractivity contribution in [2.75, 3.05) is 13.1 Å². The van der Waals surface area contributed by atoms with Crippen molar-refractivity contribution in [1.82, 2.24) is 10.6 Å². The highest BCUT2D eigenvalue weighted by Gasteiger charge is 2.07. The lowest BCUT2D eigenvalue weighted by molar-refractivity contribution is -0.120.